The standard InChI is InChI=1S/C7H6OSSi/c1-2-10-5-8-7-4-9-3-6(1)7/h1-5,10H. The van der Waals surface area contributed by atoms with Crippen LogP contribution < -0.4 is 4.74 Å². The molecule has 0 spiro atoms. The van der Waals surface area contributed by atoms with Crippen LogP contribution in [0.3, 0.4) is 0 Å². The highest BCUT2D eigenvalue weighted by Crippen LogP contribution is 2.24. The van der Waals surface area contributed by atoms with E-state index in [2.05, 4.69) is 17.2 Å². The van der Waals surface area contributed by atoms with E-state index < -0.39 is 0 Å². The van der Waals surface area contributed by atoms with Gasteiger partial charge >= 0.3 is 0 Å². The number of ether oxygens (including phenoxy) is 1. The number of rotatable bonds is 0. The van der Waals surface area contributed by atoms with Crippen molar-refractivity contribution >= 4 is 32.4 Å². The molecule has 50 valence electrons. The van der Waals surface area contributed by atoms with Crippen molar-refractivity contribution in [1.29, 1.82) is 0 Å². The van der Waals surface area contributed by atoms with Gasteiger partial charge in [0.15, 0.2) is 0 Å². The Hall–Kier alpha value is -0.673. The van der Waals surface area contributed by atoms with Gasteiger partial charge in [-0.05, 0) is 0 Å². The highest BCUT2D eigenvalue weighted by atomic mass is 32.1. The van der Waals surface area contributed by atoms with E-state index in [9.17, 15) is 0 Å². The summed E-state index contributed by atoms with van der Waals surface area (Å²) in [5.41, 5.74) is 3.39. The van der Waals surface area contributed by atoms with E-state index in [0.717, 1.165) is 5.75 Å². The minimum atomic E-state index is 0.250. The number of thiophene rings is 1. The van der Waals surface area contributed by atoms with E-state index in [1.165, 1.54) is 5.56 Å². The highest BCUT2D eigenvalue weighted by Gasteiger charge is 2.00. The smallest absolute Gasteiger partial charge is 0.143 e. The molecular formula is C7H6OSSi. The molecule has 10 heavy (non-hydrogen) atoms. The molecular weight excluding hydrogens is 160 g/mol. The van der Waals surface area contributed by atoms with Gasteiger partial charge in [0.25, 0.3) is 0 Å². The van der Waals surface area contributed by atoms with Crippen molar-refractivity contribution in [3.05, 3.63) is 22.0 Å². The Kier molecular flexibility index (Phi) is 1.53. The molecule has 0 unspecified atom stereocenters. The van der Waals surface area contributed by atoms with Gasteiger partial charge in [-0.2, -0.15) is 0 Å². The van der Waals surface area contributed by atoms with E-state index in [4.69, 9.17) is 4.74 Å². The van der Waals surface area contributed by atoms with E-state index in [1.54, 1.807) is 11.3 Å². The first-order chi connectivity index (χ1) is 4.97. The van der Waals surface area contributed by atoms with Crippen LogP contribution in [0.2, 0.25) is 0 Å². The number of hydrogen-bond acceptors (Lipinski definition) is 2. The monoisotopic (exact) mass is 166 g/mol. The molecule has 0 fully saturated rings. The molecule has 0 aliphatic carbocycles. The summed E-state index contributed by atoms with van der Waals surface area (Å²) in [6, 6.07) is 0. The molecule has 0 saturated heterocycles. The topological polar surface area (TPSA) is 9.23 Å². The molecule has 1 aromatic rings. The van der Waals surface area contributed by atoms with Gasteiger partial charge in [-0.25, -0.2) is 0 Å². The molecule has 0 N–H and O–H groups in total. The van der Waals surface area contributed by atoms with Gasteiger partial charge < -0.3 is 4.74 Å². The van der Waals surface area contributed by atoms with Gasteiger partial charge in [0.05, 0.1) is 15.0 Å². The van der Waals surface area contributed by atoms with Crippen LogP contribution in [0.15, 0.2) is 16.5 Å². The van der Waals surface area contributed by atoms with Crippen LogP contribution >= 0.6 is 11.3 Å². The summed E-state index contributed by atoms with van der Waals surface area (Å²) in [7, 11) is 0.250. The van der Waals surface area contributed by atoms with Gasteiger partial charge in [0, 0.05) is 16.3 Å². The summed E-state index contributed by atoms with van der Waals surface area (Å²) in [6.07, 6.45) is 2.13. The lowest BCUT2D eigenvalue weighted by molar-refractivity contribution is 0.587. The maximum Gasteiger partial charge on any atom is 0.143 e. The SMILES string of the molecule is C1=Cc2cscc2OC=[SiH]1. The van der Waals surface area contributed by atoms with Crippen LogP contribution in [0.5, 0.6) is 5.75 Å². The molecule has 0 bridgehead atoms. The zero-order valence-corrected chi connectivity index (χ0v) is 7.25. The molecule has 1 aliphatic rings. The second-order valence-electron chi connectivity index (χ2n) is 2.00. The van der Waals surface area contributed by atoms with Crippen molar-refractivity contribution in [1.82, 2.24) is 0 Å². The maximum absolute atomic E-state index is 5.35. The first-order valence-corrected chi connectivity index (χ1v) is 5.30. The Morgan fingerprint density at radius 2 is 2.40 bits per heavy atom. The largest absolute Gasteiger partial charge is 0.469 e. The molecule has 3 heteroatoms. The Morgan fingerprint density at radius 1 is 1.40 bits per heavy atom. The van der Waals surface area contributed by atoms with Crippen LogP contribution in [-0.2, 0) is 0 Å². The Bertz CT molecular complexity index is 288. The Morgan fingerprint density at radius 3 is 3.40 bits per heavy atom. The zero-order chi connectivity index (χ0) is 6.81. The van der Waals surface area contributed by atoms with E-state index >= 15 is 0 Å². The first kappa shape index (κ1) is 6.06. The van der Waals surface area contributed by atoms with Crippen LogP contribution in [0, 0.1) is 0 Å². The maximum atomic E-state index is 5.35. The lowest BCUT2D eigenvalue weighted by Crippen LogP contribution is -1.89. The van der Waals surface area contributed by atoms with Crippen LogP contribution in [0.4, 0.5) is 0 Å². The molecule has 1 aromatic heterocycles. The van der Waals surface area contributed by atoms with Crippen molar-refractivity contribution in [2.75, 3.05) is 0 Å². The minimum absolute atomic E-state index is 0.250. The third kappa shape index (κ3) is 0.977. The van der Waals surface area contributed by atoms with Crippen molar-refractivity contribution in [2.24, 2.45) is 0 Å². The van der Waals surface area contributed by atoms with E-state index in [1.807, 2.05) is 11.2 Å². The van der Waals surface area contributed by atoms with Gasteiger partial charge in [-0.15, -0.1) is 11.3 Å². The Labute approximate surface area is 65.4 Å². The summed E-state index contributed by atoms with van der Waals surface area (Å²) < 4.78 is 5.35. The van der Waals surface area contributed by atoms with Crippen molar-refractivity contribution in [3.63, 3.8) is 0 Å². The van der Waals surface area contributed by atoms with E-state index in [0.29, 0.717) is 0 Å². The number of fused-ring (bicyclic) bond motifs is 1. The van der Waals surface area contributed by atoms with Crippen LogP contribution in [0.25, 0.3) is 6.08 Å². The predicted molar refractivity (Wildman–Crippen MR) is 47.2 cm³/mol. The summed E-state index contributed by atoms with van der Waals surface area (Å²) in [5, 5.41) is 4.13. The average molecular weight is 166 g/mol. The molecule has 1 aliphatic heterocycles. The van der Waals surface area contributed by atoms with Gasteiger partial charge in [-0.1, -0.05) is 11.8 Å². The molecule has 0 radical (unpaired) electrons. The molecule has 0 atom stereocenters. The minimum Gasteiger partial charge on any atom is -0.469 e. The average Bonchev–Trinajstić information content (AvgIpc) is 2.28. The predicted octanol–water partition coefficient (Wildman–Crippen LogP) is 1.31. The summed E-state index contributed by atoms with van der Waals surface area (Å²) in [6.45, 7) is 0. The van der Waals surface area contributed by atoms with Crippen molar-refractivity contribution < 1.29 is 4.74 Å². The summed E-state index contributed by atoms with van der Waals surface area (Å²) in [4.78, 5) is 0. The third-order valence-electron chi connectivity index (χ3n) is 1.32. The van der Waals surface area contributed by atoms with Gasteiger partial charge in [-0.3, -0.25) is 0 Å². The van der Waals surface area contributed by atoms with Gasteiger partial charge in [0.1, 0.15) is 5.75 Å². The normalized spacial score (nSPS) is 14.0. The quantitative estimate of drug-likeness (QED) is 0.528. The first-order valence-electron chi connectivity index (χ1n) is 3.03. The molecule has 1 nitrogen and oxygen atoms in total. The Balaban J connectivity index is 2.50. The number of hydrogen-bond donors (Lipinski definition) is 0. The molecule has 2 heterocycles. The fourth-order valence-corrected chi connectivity index (χ4v) is 2.19. The van der Waals surface area contributed by atoms with Gasteiger partial charge in [0.2, 0.25) is 0 Å². The molecule has 0 aromatic carbocycles. The fourth-order valence-electron chi connectivity index (χ4n) is 0.830. The lowest BCUT2D eigenvalue weighted by atomic mass is 10.3. The molecule has 2 rings (SSSR count). The highest BCUT2D eigenvalue weighted by molar-refractivity contribution is 7.08. The lowest BCUT2D eigenvalue weighted by Gasteiger charge is -1.93. The van der Waals surface area contributed by atoms with Crippen molar-refractivity contribution in [3.8, 4) is 5.75 Å². The molecule has 0 amide bonds. The third-order valence-corrected chi connectivity index (χ3v) is 2.76. The summed E-state index contributed by atoms with van der Waals surface area (Å²) >= 11 is 1.68. The van der Waals surface area contributed by atoms with Crippen molar-refractivity contribution in [2.45, 2.75) is 0 Å². The van der Waals surface area contributed by atoms with Crippen LogP contribution in [-0.4, -0.2) is 15.0 Å². The fraction of sp³-hybridized carbons (Fsp3) is 0. The second-order valence-corrected chi connectivity index (χ2v) is 3.78. The summed E-state index contributed by atoms with van der Waals surface area (Å²) in [5.74, 6) is 2.90. The second kappa shape index (κ2) is 2.52. The molecule has 0 saturated carbocycles. The van der Waals surface area contributed by atoms with E-state index in [-0.39, 0.29) is 9.13 Å². The zero-order valence-electron chi connectivity index (χ0n) is 5.28. The van der Waals surface area contributed by atoms with Crippen LogP contribution in [0.1, 0.15) is 5.56 Å².